The molecule has 4 nitrogen and oxygen atoms in total. The molecule has 0 heterocycles. The fraction of sp³-hybridized carbons (Fsp3) is 0.278. The standard InChI is InChI=1S/C18H20N2O2/c1-20(12-15-6-4-14(11-19)5-7-15)13-16-8-9-17(21-2)10-18(16)22-3/h4-10H,12-13H2,1-3H3. The molecule has 0 aromatic heterocycles. The molecule has 0 amide bonds. The van der Waals surface area contributed by atoms with Gasteiger partial charge in [0, 0.05) is 24.7 Å². The Morgan fingerprint density at radius 2 is 1.73 bits per heavy atom. The quantitative estimate of drug-likeness (QED) is 0.821. The second-order valence-corrected chi connectivity index (χ2v) is 5.16. The van der Waals surface area contributed by atoms with E-state index in [4.69, 9.17) is 14.7 Å². The molecule has 2 aromatic carbocycles. The summed E-state index contributed by atoms with van der Waals surface area (Å²) in [5, 5.41) is 8.82. The zero-order valence-electron chi connectivity index (χ0n) is 13.2. The number of benzene rings is 2. The van der Waals surface area contributed by atoms with Crippen molar-refractivity contribution in [1.82, 2.24) is 4.90 Å². The number of nitrogens with zero attached hydrogens (tertiary/aromatic N) is 2. The minimum Gasteiger partial charge on any atom is -0.497 e. The lowest BCUT2D eigenvalue weighted by Crippen LogP contribution is -2.17. The zero-order chi connectivity index (χ0) is 15.9. The monoisotopic (exact) mass is 296 g/mol. The van der Waals surface area contributed by atoms with E-state index in [9.17, 15) is 0 Å². The summed E-state index contributed by atoms with van der Waals surface area (Å²) in [6, 6.07) is 15.6. The largest absolute Gasteiger partial charge is 0.497 e. The van der Waals surface area contributed by atoms with Gasteiger partial charge in [0.25, 0.3) is 0 Å². The fourth-order valence-corrected chi connectivity index (χ4v) is 2.33. The topological polar surface area (TPSA) is 45.5 Å². The normalized spacial score (nSPS) is 10.3. The third-order valence-corrected chi connectivity index (χ3v) is 3.47. The van der Waals surface area contributed by atoms with Crippen molar-refractivity contribution in [2.75, 3.05) is 21.3 Å². The molecule has 114 valence electrons. The first-order chi connectivity index (χ1) is 10.7. The van der Waals surface area contributed by atoms with Crippen LogP contribution in [0.5, 0.6) is 11.5 Å². The summed E-state index contributed by atoms with van der Waals surface area (Å²) in [4.78, 5) is 2.20. The number of nitriles is 1. The second kappa shape index (κ2) is 7.48. The van der Waals surface area contributed by atoms with Crippen LogP contribution in [0.15, 0.2) is 42.5 Å². The molecule has 22 heavy (non-hydrogen) atoms. The van der Waals surface area contributed by atoms with Gasteiger partial charge < -0.3 is 9.47 Å². The Morgan fingerprint density at radius 1 is 1.00 bits per heavy atom. The fourth-order valence-electron chi connectivity index (χ4n) is 2.33. The maximum Gasteiger partial charge on any atom is 0.127 e. The van der Waals surface area contributed by atoms with Crippen molar-refractivity contribution in [3.8, 4) is 17.6 Å². The Balaban J connectivity index is 2.05. The van der Waals surface area contributed by atoms with E-state index in [0.29, 0.717) is 5.56 Å². The van der Waals surface area contributed by atoms with Crippen molar-refractivity contribution < 1.29 is 9.47 Å². The molecule has 0 unspecified atom stereocenters. The van der Waals surface area contributed by atoms with E-state index in [2.05, 4.69) is 18.0 Å². The van der Waals surface area contributed by atoms with Gasteiger partial charge >= 0.3 is 0 Å². The Bertz CT molecular complexity index is 660. The van der Waals surface area contributed by atoms with Crippen LogP contribution in [-0.2, 0) is 13.1 Å². The third kappa shape index (κ3) is 4.00. The van der Waals surface area contributed by atoms with Gasteiger partial charge in [-0.15, -0.1) is 0 Å². The molecule has 0 N–H and O–H groups in total. The average molecular weight is 296 g/mol. The van der Waals surface area contributed by atoms with E-state index in [0.717, 1.165) is 30.2 Å². The Kier molecular flexibility index (Phi) is 5.40. The van der Waals surface area contributed by atoms with Crippen LogP contribution in [0.2, 0.25) is 0 Å². The van der Waals surface area contributed by atoms with Crippen LogP contribution in [0.25, 0.3) is 0 Å². The maximum absolute atomic E-state index is 8.82. The molecule has 0 saturated heterocycles. The van der Waals surface area contributed by atoms with Crippen LogP contribution in [0.1, 0.15) is 16.7 Å². The van der Waals surface area contributed by atoms with E-state index < -0.39 is 0 Å². The molecule has 0 fully saturated rings. The summed E-state index contributed by atoms with van der Waals surface area (Å²) in [7, 11) is 5.37. The minimum absolute atomic E-state index is 0.684. The first kappa shape index (κ1) is 15.9. The van der Waals surface area contributed by atoms with Gasteiger partial charge in [-0.1, -0.05) is 18.2 Å². The van der Waals surface area contributed by atoms with Crippen molar-refractivity contribution >= 4 is 0 Å². The van der Waals surface area contributed by atoms with Crippen LogP contribution < -0.4 is 9.47 Å². The summed E-state index contributed by atoms with van der Waals surface area (Å²) in [5.41, 5.74) is 2.97. The van der Waals surface area contributed by atoms with Crippen molar-refractivity contribution in [2.45, 2.75) is 13.1 Å². The molecule has 0 spiro atoms. The van der Waals surface area contributed by atoms with Crippen LogP contribution in [-0.4, -0.2) is 26.2 Å². The number of ether oxygens (including phenoxy) is 2. The molecule has 0 aliphatic heterocycles. The summed E-state index contributed by atoms with van der Waals surface area (Å²) >= 11 is 0. The van der Waals surface area contributed by atoms with Crippen LogP contribution >= 0.6 is 0 Å². The predicted octanol–water partition coefficient (Wildman–Crippen LogP) is 3.21. The number of methoxy groups -OCH3 is 2. The van der Waals surface area contributed by atoms with Crippen LogP contribution in [0.4, 0.5) is 0 Å². The first-order valence-electron chi connectivity index (χ1n) is 7.04. The van der Waals surface area contributed by atoms with Gasteiger partial charge in [0.1, 0.15) is 11.5 Å². The molecule has 0 bridgehead atoms. The van der Waals surface area contributed by atoms with Gasteiger partial charge in [-0.25, -0.2) is 0 Å². The number of hydrogen-bond donors (Lipinski definition) is 0. The summed E-state index contributed by atoms with van der Waals surface area (Å²) in [5.74, 6) is 1.61. The van der Waals surface area contributed by atoms with Gasteiger partial charge in [-0.05, 0) is 30.8 Å². The van der Waals surface area contributed by atoms with E-state index >= 15 is 0 Å². The zero-order valence-corrected chi connectivity index (χ0v) is 13.2. The van der Waals surface area contributed by atoms with E-state index in [1.807, 2.05) is 42.5 Å². The molecule has 0 atom stereocenters. The van der Waals surface area contributed by atoms with Gasteiger partial charge in [-0.3, -0.25) is 4.90 Å². The molecule has 0 aliphatic rings. The SMILES string of the molecule is COc1ccc(CN(C)Cc2ccc(C#N)cc2)c(OC)c1. The third-order valence-electron chi connectivity index (χ3n) is 3.47. The molecule has 0 saturated carbocycles. The highest BCUT2D eigenvalue weighted by atomic mass is 16.5. The van der Waals surface area contributed by atoms with Crippen LogP contribution in [0.3, 0.4) is 0 Å². The second-order valence-electron chi connectivity index (χ2n) is 5.16. The molecule has 2 rings (SSSR count). The lowest BCUT2D eigenvalue weighted by atomic mass is 10.1. The van der Waals surface area contributed by atoms with Crippen molar-refractivity contribution in [3.05, 3.63) is 59.2 Å². The van der Waals surface area contributed by atoms with E-state index in [-0.39, 0.29) is 0 Å². The highest BCUT2D eigenvalue weighted by molar-refractivity contribution is 5.40. The lowest BCUT2D eigenvalue weighted by Gasteiger charge is -2.19. The lowest BCUT2D eigenvalue weighted by molar-refractivity contribution is 0.309. The maximum atomic E-state index is 8.82. The van der Waals surface area contributed by atoms with E-state index in [1.165, 1.54) is 5.56 Å². The van der Waals surface area contributed by atoms with Crippen molar-refractivity contribution in [2.24, 2.45) is 0 Å². The smallest absolute Gasteiger partial charge is 0.127 e. The Morgan fingerprint density at radius 3 is 2.32 bits per heavy atom. The van der Waals surface area contributed by atoms with Crippen LogP contribution in [0, 0.1) is 11.3 Å². The summed E-state index contributed by atoms with van der Waals surface area (Å²) in [6.07, 6.45) is 0. The Labute approximate surface area is 131 Å². The summed E-state index contributed by atoms with van der Waals surface area (Å²) < 4.78 is 10.6. The molecular weight excluding hydrogens is 276 g/mol. The van der Waals surface area contributed by atoms with Gasteiger partial charge in [0.05, 0.1) is 25.9 Å². The molecular formula is C18H20N2O2. The van der Waals surface area contributed by atoms with Gasteiger partial charge in [0.15, 0.2) is 0 Å². The molecule has 4 heteroatoms. The van der Waals surface area contributed by atoms with Gasteiger partial charge in [0.2, 0.25) is 0 Å². The molecule has 0 aliphatic carbocycles. The minimum atomic E-state index is 0.684. The van der Waals surface area contributed by atoms with Crippen molar-refractivity contribution in [1.29, 1.82) is 5.26 Å². The van der Waals surface area contributed by atoms with E-state index in [1.54, 1.807) is 14.2 Å². The van der Waals surface area contributed by atoms with Crippen molar-refractivity contribution in [3.63, 3.8) is 0 Å². The number of hydrogen-bond acceptors (Lipinski definition) is 4. The predicted molar refractivity (Wildman–Crippen MR) is 85.9 cm³/mol. The van der Waals surface area contributed by atoms with Gasteiger partial charge in [-0.2, -0.15) is 5.26 Å². The highest BCUT2D eigenvalue weighted by Crippen LogP contribution is 2.25. The summed E-state index contributed by atoms with van der Waals surface area (Å²) in [6.45, 7) is 1.58. The molecule has 0 radical (unpaired) electrons. The first-order valence-corrected chi connectivity index (χ1v) is 7.04. The molecule has 2 aromatic rings. The highest BCUT2D eigenvalue weighted by Gasteiger charge is 2.08. The Hall–Kier alpha value is -2.51. The number of rotatable bonds is 6. The average Bonchev–Trinajstić information content (AvgIpc) is 2.55.